The Labute approximate surface area is 195 Å². The summed E-state index contributed by atoms with van der Waals surface area (Å²) in [5.74, 6) is 1.89. The van der Waals surface area contributed by atoms with Gasteiger partial charge in [0.2, 0.25) is 5.91 Å². The number of aryl methyl sites for hydroxylation is 2. The Bertz CT molecular complexity index is 994. The summed E-state index contributed by atoms with van der Waals surface area (Å²) in [6.45, 7) is 2.09. The van der Waals surface area contributed by atoms with E-state index in [-0.39, 0.29) is 17.6 Å². The van der Waals surface area contributed by atoms with Crippen molar-refractivity contribution in [3.05, 3.63) is 58.1 Å². The van der Waals surface area contributed by atoms with Crippen LogP contribution < -0.4 is 14.8 Å². The fourth-order valence-corrected chi connectivity index (χ4v) is 5.59. The van der Waals surface area contributed by atoms with Crippen molar-refractivity contribution in [2.24, 2.45) is 0 Å². The second-order valence-corrected chi connectivity index (χ2v) is 10.2. The van der Waals surface area contributed by atoms with Crippen LogP contribution in [0.4, 0.5) is 0 Å². The molecule has 0 aromatic heterocycles. The molecule has 2 aromatic rings. The molecule has 1 N–H and O–H groups in total. The van der Waals surface area contributed by atoms with Gasteiger partial charge in [-0.25, -0.2) is 0 Å². The molecule has 1 atom stereocenters. The Balaban J connectivity index is 1.27. The van der Waals surface area contributed by atoms with Crippen LogP contribution >= 0.6 is 11.6 Å². The van der Waals surface area contributed by atoms with Crippen molar-refractivity contribution in [2.45, 2.75) is 88.9 Å². The highest BCUT2D eigenvalue weighted by Crippen LogP contribution is 2.49. The number of carbonyl (C=O) groups excluding carboxylic acids is 1. The highest BCUT2D eigenvalue weighted by molar-refractivity contribution is 6.30. The van der Waals surface area contributed by atoms with E-state index in [2.05, 4.69) is 30.4 Å². The van der Waals surface area contributed by atoms with Gasteiger partial charge in [-0.3, -0.25) is 4.79 Å². The molecule has 1 amide bonds. The molecule has 1 spiro atoms. The third kappa shape index (κ3) is 4.47. The number of amides is 1. The van der Waals surface area contributed by atoms with Crippen molar-refractivity contribution in [3.63, 3.8) is 0 Å². The average molecular weight is 454 g/mol. The second-order valence-electron chi connectivity index (χ2n) is 9.73. The molecule has 2 aromatic carbocycles. The van der Waals surface area contributed by atoms with Gasteiger partial charge in [-0.2, -0.15) is 0 Å². The van der Waals surface area contributed by atoms with Crippen LogP contribution in [0.15, 0.2) is 36.4 Å². The van der Waals surface area contributed by atoms with Crippen LogP contribution in [0.5, 0.6) is 11.5 Å². The molecule has 1 heterocycles. The quantitative estimate of drug-likeness (QED) is 0.545. The molecule has 2 saturated carbocycles. The summed E-state index contributed by atoms with van der Waals surface area (Å²) >= 11 is 6.26. The zero-order valence-electron chi connectivity index (χ0n) is 18.8. The van der Waals surface area contributed by atoms with Crippen molar-refractivity contribution >= 4 is 17.5 Å². The third-order valence-electron chi connectivity index (χ3n) is 7.35. The van der Waals surface area contributed by atoms with Crippen molar-refractivity contribution in [1.82, 2.24) is 5.32 Å². The number of halogens is 1. The molecule has 3 aliphatic rings. The second kappa shape index (κ2) is 8.97. The van der Waals surface area contributed by atoms with E-state index in [1.807, 2.05) is 18.2 Å². The molecular weight excluding hydrogens is 422 g/mol. The van der Waals surface area contributed by atoms with Crippen molar-refractivity contribution in [3.8, 4) is 11.5 Å². The number of carbonyl (C=O) groups is 1. The molecule has 1 aliphatic heterocycles. The fourth-order valence-electron chi connectivity index (χ4n) is 5.41. The Morgan fingerprint density at radius 1 is 1.19 bits per heavy atom. The van der Waals surface area contributed by atoms with E-state index in [0.29, 0.717) is 24.0 Å². The number of benzene rings is 2. The first-order valence-corrected chi connectivity index (χ1v) is 12.4. The van der Waals surface area contributed by atoms with Crippen LogP contribution in [0.2, 0.25) is 5.02 Å². The lowest BCUT2D eigenvalue weighted by atomic mass is 9.73. The molecule has 4 nitrogen and oxygen atoms in total. The Hall–Kier alpha value is -2.20. The van der Waals surface area contributed by atoms with Crippen molar-refractivity contribution in [2.75, 3.05) is 0 Å². The highest BCUT2D eigenvalue weighted by Gasteiger charge is 2.46. The summed E-state index contributed by atoms with van der Waals surface area (Å²) in [6.07, 6.45) is 10.2. The first-order valence-electron chi connectivity index (χ1n) is 12.0. The van der Waals surface area contributed by atoms with Crippen LogP contribution in [-0.2, 0) is 11.2 Å². The number of nitrogens with one attached hydrogen (secondary N) is 1. The van der Waals surface area contributed by atoms with Crippen molar-refractivity contribution in [1.29, 1.82) is 0 Å². The van der Waals surface area contributed by atoms with Gasteiger partial charge in [0.1, 0.15) is 17.1 Å². The lowest BCUT2D eigenvalue weighted by Crippen LogP contribution is -2.49. The van der Waals surface area contributed by atoms with Gasteiger partial charge in [-0.15, -0.1) is 0 Å². The van der Waals surface area contributed by atoms with Crippen LogP contribution in [-0.4, -0.2) is 17.6 Å². The first kappa shape index (κ1) is 21.6. The minimum atomic E-state index is -0.127. The fraction of sp³-hybridized carbons (Fsp3) is 0.519. The van der Waals surface area contributed by atoms with E-state index in [9.17, 15) is 4.79 Å². The number of hydrogen-bond donors (Lipinski definition) is 1. The summed E-state index contributed by atoms with van der Waals surface area (Å²) in [4.78, 5) is 13.0. The Kier molecular flexibility index (Phi) is 6.07. The third-order valence-corrected chi connectivity index (χ3v) is 7.59. The van der Waals surface area contributed by atoms with Gasteiger partial charge in [-0.05, 0) is 87.6 Å². The molecule has 2 aliphatic carbocycles. The largest absolute Gasteiger partial charge is 0.490 e. The summed E-state index contributed by atoms with van der Waals surface area (Å²) in [7, 11) is 0. The van der Waals surface area contributed by atoms with Crippen LogP contribution in [0, 0.1) is 6.92 Å². The maximum Gasteiger partial charge on any atom is 0.220 e. The molecule has 5 rings (SSSR count). The average Bonchev–Trinajstić information content (AvgIpc) is 3.26. The van der Waals surface area contributed by atoms with Gasteiger partial charge >= 0.3 is 0 Å². The number of ether oxygens (including phenoxy) is 2. The normalized spacial score (nSPS) is 21.5. The molecule has 5 heteroatoms. The molecule has 0 saturated heterocycles. The topological polar surface area (TPSA) is 47.6 Å². The molecule has 0 radical (unpaired) electrons. The molecule has 2 fully saturated rings. The lowest BCUT2D eigenvalue weighted by molar-refractivity contribution is -0.123. The first-order chi connectivity index (χ1) is 15.5. The van der Waals surface area contributed by atoms with Gasteiger partial charge < -0.3 is 14.8 Å². The number of para-hydroxylation sites is 1. The lowest BCUT2D eigenvalue weighted by Gasteiger charge is -2.48. The minimum absolute atomic E-state index is 0.0584. The van der Waals surface area contributed by atoms with E-state index in [1.54, 1.807) is 0 Å². The van der Waals surface area contributed by atoms with Crippen LogP contribution in [0.3, 0.4) is 0 Å². The van der Waals surface area contributed by atoms with E-state index < -0.39 is 0 Å². The smallest absolute Gasteiger partial charge is 0.220 e. The molecule has 1 unspecified atom stereocenters. The zero-order chi connectivity index (χ0) is 22.1. The number of rotatable bonds is 6. The highest BCUT2D eigenvalue weighted by atomic mass is 35.5. The Morgan fingerprint density at radius 2 is 2.00 bits per heavy atom. The number of fused-ring (bicyclic) bond motifs is 1. The predicted octanol–water partition coefficient (Wildman–Crippen LogP) is 6.47. The van der Waals surface area contributed by atoms with Gasteiger partial charge in [0.15, 0.2) is 0 Å². The minimum Gasteiger partial charge on any atom is -0.490 e. The standard InChI is InChI=1S/C27H32ClNO3/c1-18-6-4-7-19(26(18)31-21-8-2-3-9-21)10-13-25(30)29-23-17-27(14-5-15-27)32-24-12-11-20(28)16-22(23)24/h4,6-7,11-12,16,21,23H,2-3,5,8-10,13-15,17H2,1H3,(H,29,30). The van der Waals surface area contributed by atoms with E-state index in [1.165, 1.54) is 19.3 Å². The molecule has 170 valence electrons. The summed E-state index contributed by atoms with van der Waals surface area (Å²) in [6, 6.07) is 11.9. The zero-order valence-corrected chi connectivity index (χ0v) is 19.5. The van der Waals surface area contributed by atoms with Gasteiger partial charge in [0, 0.05) is 23.4 Å². The monoisotopic (exact) mass is 453 g/mol. The van der Waals surface area contributed by atoms with Gasteiger partial charge in [-0.1, -0.05) is 29.8 Å². The predicted molar refractivity (Wildman–Crippen MR) is 127 cm³/mol. The van der Waals surface area contributed by atoms with E-state index in [0.717, 1.165) is 60.3 Å². The van der Waals surface area contributed by atoms with Crippen LogP contribution in [0.1, 0.15) is 80.5 Å². The summed E-state index contributed by atoms with van der Waals surface area (Å²) in [5.41, 5.74) is 3.13. The van der Waals surface area contributed by atoms with E-state index in [4.69, 9.17) is 21.1 Å². The van der Waals surface area contributed by atoms with Gasteiger partial charge in [0.05, 0.1) is 12.1 Å². The maximum atomic E-state index is 13.0. The molecule has 0 bridgehead atoms. The number of hydrogen-bond acceptors (Lipinski definition) is 3. The van der Waals surface area contributed by atoms with Gasteiger partial charge in [0.25, 0.3) is 0 Å². The maximum absolute atomic E-state index is 13.0. The van der Waals surface area contributed by atoms with Crippen molar-refractivity contribution < 1.29 is 14.3 Å². The molecule has 32 heavy (non-hydrogen) atoms. The summed E-state index contributed by atoms with van der Waals surface area (Å²) in [5, 5.41) is 3.96. The van der Waals surface area contributed by atoms with Crippen LogP contribution in [0.25, 0.3) is 0 Å². The molecular formula is C27H32ClNO3. The SMILES string of the molecule is Cc1cccc(CCC(=O)NC2CC3(CCC3)Oc3ccc(Cl)cc32)c1OC1CCCC1. The summed E-state index contributed by atoms with van der Waals surface area (Å²) < 4.78 is 12.7. The van der Waals surface area contributed by atoms with E-state index >= 15 is 0 Å². The Morgan fingerprint density at radius 3 is 2.75 bits per heavy atom.